The van der Waals surface area contributed by atoms with Gasteiger partial charge < -0.3 is 18.9 Å². The van der Waals surface area contributed by atoms with E-state index in [1.54, 1.807) is 30.3 Å². The molecule has 0 amide bonds. The monoisotopic (exact) mass is 618 g/mol. The van der Waals surface area contributed by atoms with E-state index in [-0.39, 0.29) is 11.7 Å². The standard InChI is InChI=1S/C35H42N2O8/c1-3-21-43-44-25-12-8-7-10-23-41-31-19-15-29(16-20-31)35(39)45-32-26-36-34(37-27-32)28-13-17-30(18-14-28)40-22-9-5-6-11-24-42-33(38)4-2/h3-4,13-20,26-27H,1-2,5-12,21-25H2. The third kappa shape index (κ3) is 14.2. The van der Waals surface area contributed by atoms with E-state index in [1.807, 2.05) is 24.3 Å². The van der Waals surface area contributed by atoms with Crippen molar-refractivity contribution in [1.29, 1.82) is 0 Å². The van der Waals surface area contributed by atoms with E-state index < -0.39 is 5.97 Å². The van der Waals surface area contributed by atoms with Gasteiger partial charge in [-0.1, -0.05) is 19.1 Å². The molecule has 240 valence electrons. The molecule has 0 aliphatic heterocycles. The van der Waals surface area contributed by atoms with E-state index >= 15 is 0 Å². The van der Waals surface area contributed by atoms with Crippen molar-refractivity contribution in [3.8, 4) is 28.6 Å². The fourth-order valence-corrected chi connectivity index (χ4v) is 4.01. The van der Waals surface area contributed by atoms with E-state index in [1.165, 1.54) is 18.5 Å². The molecule has 3 rings (SSSR count). The van der Waals surface area contributed by atoms with Crippen LogP contribution >= 0.6 is 0 Å². The first-order valence-corrected chi connectivity index (χ1v) is 15.2. The Morgan fingerprint density at radius 1 is 0.644 bits per heavy atom. The number of hydrogen-bond acceptors (Lipinski definition) is 10. The topological polar surface area (TPSA) is 115 Å². The molecule has 0 saturated heterocycles. The highest BCUT2D eigenvalue weighted by Gasteiger charge is 2.11. The van der Waals surface area contributed by atoms with Gasteiger partial charge in [0.1, 0.15) is 18.1 Å². The molecule has 0 spiro atoms. The molecule has 0 bridgehead atoms. The molecule has 0 unspecified atom stereocenters. The van der Waals surface area contributed by atoms with E-state index in [9.17, 15) is 9.59 Å². The van der Waals surface area contributed by atoms with Gasteiger partial charge >= 0.3 is 11.9 Å². The van der Waals surface area contributed by atoms with Crippen LogP contribution in [0.15, 0.2) is 86.2 Å². The van der Waals surface area contributed by atoms with Crippen LogP contribution in [0.2, 0.25) is 0 Å². The Hall–Kier alpha value is -4.54. The van der Waals surface area contributed by atoms with Gasteiger partial charge in [-0.25, -0.2) is 29.3 Å². The van der Waals surface area contributed by atoms with E-state index in [0.29, 0.717) is 50.2 Å². The largest absolute Gasteiger partial charge is 0.494 e. The highest BCUT2D eigenvalue weighted by atomic mass is 17.2. The summed E-state index contributed by atoms with van der Waals surface area (Å²) in [5.41, 5.74) is 1.21. The smallest absolute Gasteiger partial charge is 0.343 e. The van der Waals surface area contributed by atoms with Gasteiger partial charge in [-0.05, 0) is 93.5 Å². The summed E-state index contributed by atoms with van der Waals surface area (Å²) >= 11 is 0. The van der Waals surface area contributed by atoms with Crippen LogP contribution in [-0.2, 0) is 19.3 Å². The summed E-state index contributed by atoms with van der Waals surface area (Å²) in [4.78, 5) is 42.2. The Morgan fingerprint density at radius 2 is 1.20 bits per heavy atom. The SMILES string of the molecule is C=CCOOCCCCCCOc1ccc(C(=O)Oc2cnc(-c3ccc(OCCCCCCOC(=O)C=C)cc3)nc2)cc1. The zero-order valence-electron chi connectivity index (χ0n) is 25.7. The molecule has 0 radical (unpaired) electrons. The van der Waals surface area contributed by atoms with Gasteiger partial charge in [-0.15, -0.1) is 6.58 Å². The average molecular weight is 619 g/mol. The van der Waals surface area contributed by atoms with E-state index in [2.05, 4.69) is 23.1 Å². The number of esters is 2. The molecule has 0 atom stereocenters. The molecular weight excluding hydrogens is 576 g/mol. The van der Waals surface area contributed by atoms with Crippen molar-refractivity contribution in [3.63, 3.8) is 0 Å². The maximum atomic E-state index is 12.6. The molecule has 45 heavy (non-hydrogen) atoms. The summed E-state index contributed by atoms with van der Waals surface area (Å²) in [7, 11) is 0. The number of carbonyl (C=O) groups is 2. The van der Waals surface area contributed by atoms with Gasteiger partial charge in [0.15, 0.2) is 11.6 Å². The molecular formula is C35H42N2O8. The van der Waals surface area contributed by atoms with Crippen LogP contribution in [0.1, 0.15) is 61.7 Å². The van der Waals surface area contributed by atoms with Crippen LogP contribution in [0.5, 0.6) is 17.2 Å². The highest BCUT2D eigenvalue weighted by Crippen LogP contribution is 2.21. The van der Waals surface area contributed by atoms with Crippen molar-refractivity contribution in [1.82, 2.24) is 9.97 Å². The van der Waals surface area contributed by atoms with E-state index in [4.69, 9.17) is 28.7 Å². The summed E-state index contributed by atoms with van der Waals surface area (Å²) in [5, 5.41) is 0. The third-order valence-electron chi connectivity index (χ3n) is 6.42. The van der Waals surface area contributed by atoms with Gasteiger partial charge in [0.25, 0.3) is 0 Å². The lowest BCUT2D eigenvalue weighted by Crippen LogP contribution is -2.09. The molecule has 1 heterocycles. The molecule has 0 N–H and O–H groups in total. The molecule has 3 aromatic rings. The van der Waals surface area contributed by atoms with Crippen LogP contribution in [0.4, 0.5) is 0 Å². The molecule has 0 saturated carbocycles. The van der Waals surface area contributed by atoms with Crippen molar-refractivity contribution in [2.75, 3.05) is 33.0 Å². The number of hydrogen-bond donors (Lipinski definition) is 0. The summed E-state index contributed by atoms with van der Waals surface area (Å²) in [6.07, 6.45) is 13.3. The summed E-state index contributed by atoms with van der Waals surface area (Å²) in [5.74, 6) is 1.31. The second-order valence-corrected chi connectivity index (χ2v) is 9.97. The maximum absolute atomic E-state index is 12.6. The molecule has 2 aromatic carbocycles. The maximum Gasteiger partial charge on any atom is 0.343 e. The number of ether oxygens (including phenoxy) is 4. The molecule has 10 nitrogen and oxygen atoms in total. The molecule has 0 fully saturated rings. The van der Waals surface area contributed by atoms with E-state index in [0.717, 1.165) is 62.7 Å². The van der Waals surface area contributed by atoms with Crippen LogP contribution in [0.3, 0.4) is 0 Å². The quantitative estimate of drug-likeness (QED) is 0.0272. The first-order chi connectivity index (χ1) is 22.1. The number of carbonyl (C=O) groups excluding carboxylic acids is 2. The molecule has 0 aliphatic rings. The highest BCUT2D eigenvalue weighted by molar-refractivity contribution is 5.91. The lowest BCUT2D eigenvalue weighted by atomic mass is 10.2. The molecule has 1 aromatic heterocycles. The molecule has 10 heteroatoms. The first-order valence-electron chi connectivity index (χ1n) is 15.2. The number of rotatable bonds is 23. The normalized spacial score (nSPS) is 10.6. The van der Waals surface area contributed by atoms with Crippen LogP contribution in [0, 0.1) is 0 Å². The van der Waals surface area contributed by atoms with Crippen molar-refractivity contribution in [2.24, 2.45) is 0 Å². The molecule has 0 aliphatic carbocycles. The Bertz CT molecular complexity index is 1290. The fourth-order valence-electron chi connectivity index (χ4n) is 4.01. The Morgan fingerprint density at radius 3 is 1.78 bits per heavy atom. The fraction of sp³-hybridized carbons (Fsp3) is 0.371. The minimum Gasteiger partial charge on any atom is -0.494 e. The zero-order chi connectivity index (χ0) is 32.0. The van der Waals surface area contributed by atoms with Crippen LogP contribution in [0.25, 0.3) is 11.4 Å². The van der Waals surface area contributed by atoms with Crippen LogP contribution in [-0.4, -0.2) is 54.9 Å². The van der Waals surface area contributed by atoms with Crippen molar-refractivity contribution in [2.45, 2.75) is 51.4 Å². The minimum atomic E-state index is -0.505. The Labute approximate surface area is 264 Å². The van der Waals surface area contributed by atoms with Crippen molar-refractivity contribution >= 4 is 11.9 Å². The number of aromatic nitrogens is 2. The summed E-state index contributed by atoms with van der Waals surface area (Å²) < 4.78 is 22.0. The first kappa shape index (κ1) is 34.9. The second-order valence-electron chi connectivity index (χ2n) is 9.97. The predicted octanol–water partition coefficient (Wildman–Crippen LogP) is 7.10. The minimum absolute atomic E-state index is 0.251. The van der Waals surface area contributed by atoms with Gasteiger partial charge in [0, 0.05) is 11.6 Å². The van der Waals surface area contributed by atoms with Crippen molar-refractivity contribution in [3.05, 3.63) is 91.8 Å². The second kappa shape index (κ2) is 21.2. The lowest BCUT2D eigenvalue weighted by Gasteiger charge is -2.08. The number of unbranched alkanes of at least 4 members (excludes halogenated alkanes) is 6. The van der Waals surface area contributed by atoms with Gasteiger partial charge in [-0.2, -0.15) is 0 Å². The van der Waals surface area contributed by atoms with Gasteiger partial charge in [-0.3, -0.25) is 0 Å². The summed E-state index contributed by atoms with van der Waals surface area (Å²) in [6.45, 7) is 9.49. The van der Waals surface area contributed by atoms with Gasteiger partial charge in [0.05, 0.1) is 44.4 Å². The summed E-state index contributed by atoms with van der Waals surface area (Å²) in [6, 6.07) is 14.3. The number of nitrogens with zero attached hydrogens (tertiary/aromatic N) is 2. The Balaban J connectivity index is 1.31. The average Bonchev–Trinajstić information content (AvgIpc) is 3.07. The third-order valence-corrected chi connectivity index (χ3v) is 6.42. The lowest BCUT2D eigenvalue weighted by molar-refractivity contribution is -0.286. The van der Waals surface area contributed by atoms with Gasteiger partial charge in [0.2, 0.25) is 0 Å². The predicted molar refractivity (Wildman–Crippen MR) is 170 cm³/mol. The zero-order valence-corrected chi connectivity index (χ0v) is 25.7. The van der Waals surface area contributed by atoms with Crippen LogP contribution < -0.4 is 14.2 Å². The Kier molecular flexibility index (Phi) is 16.5. The van der Waals surface area contributed by atoms with Crippen molar-refractivity contribution < 1.29 is 38.3 Å². The number of benzene rings is 2.